The molecule has 35 heavy (non-hydrogen) atoms. The predicted octanol–water partition coefficient (Wildman–Crippen LogP) is 1.92. The second kappa shape index (κ2) is 11.7. The quantitative estimate of drug-likeness (QED) is 0.436. The fraction of sp³-hybridized carbons (Fsp3) is 0.458. The van der Waals surface area contributed by atoms with E-state index < -0.39 is 47.4 Å². The van der Waals surface area contributed by atoms with Gasteiger partial charge in [0.25, 0.3) is 5.91 Å². The summed E-state index contributed by atoms with van der Waals surface area (Å²) in [5.74, 6) is -6.12. The molecule has 1 aliphatic carbocycles. The van der Waals surface area contributed by atoms with Gasteiger partial charge in [-0.05, 0) is 25.3 Å². The van der Waals surface area contributed by atoms with Crippen molar-refractivity contribution >= 4 is 23.5 Å². The highest BCUT2D eigenvalue weighted by molar-refractivity contribution is 6.38. The number of aromatic nitrogens is 1. The summed E-state index contributed by atoms with van der Waals surface area (Å²) in [7, 11) is 0. The van der Waals surface area contributed by atoms with Crippen molar-refractivity contribution in [2.75, 3.05) is 0 Å². The number of halogens is 2. The Hall–Kier alpha value is -3.63. The molecule has 0 aliphatic heterocycles. The maximum Gasteiger partial charge on any atom is 0.290 e. The average Bonchev–Trinajstić information content (AvgIpc) is 3.35. The van der Waals surface area contributed by atoms with Gasteiger partial charge in [-0.3, -0.25) is 19.2 Å². The van der Waals surface area contributed by atoms with Crippen LogP contribution in [0.4, 0.5) is 8.78 Å². The van der Waals surface area contributed by atoms with Gasteiger partial charge in [0.15, 0.2) is 0 Å². The Bertz CT molecular complexity index is 1020. The number of carbonyl (C=O) groups excluding carboxylic acids is 4. The summed E-state index contributed by atoms with van der Waals surface area (Å²) in [5, 5.41) is 7.48. The monoisotopic (exact) mass is 490 g/mol. The Balaban J connectivity index is 1.61. The van der Waals surface area contributed by atoms with Crippen LogP contribution in [-0.4, -0.2) is 46.5 Å². The van der Waals surface area contributed by atoms with E-state index in [2.05, 4.69) is 20.9 Å². The molecule has 0 spiro atoms. The lowest BCUT2D eigenvalue weighted by molar-refractivity contribution is -0.140. The van der Waals surface area contributed by atoms with Crippen molar-refractivity contribution in [3.8, 4) is 0 Å². The number of Topliss-reactive ketones (excluding diaryl/α,β-unsaturated/α-hetero) is 1. The fourth-order valence-corrected chi connectivity index (χ4v) is 3.80. The molecule has 0 radical (unpaired) electrons. The Morgan fingerprint density at radius 3 is 2.43 bits per heavy atom. The van der Waals surface area contributed by atoms with Crippen LogP contribution in [0.1, 0.15) is 44.1 Å². The van der Waals surface area contributed by atoms with Gasteiger partial charge in [0.1, 0.15) is 18.3 Å². The number of nitrogens with zero attached hydrogens (tertiary/aromatic N) is 1. The van der Waals surface area contributed by atoms with Gasteiger partial charge in [0.05, 0.1) is 12.7 Å². The molecule has 1 saturated carbocycles. The van der Waals surface area contributed by atoms with Gasteiger partial charge in [-0.15, -0.1) is 0 Å². The zero-order chi connectivity index (χ0) is 25.4. The summed E-state index contributed by atoms with van der Waals surface area (Å²) >= 11 is 0. The van der Waals surface area contributed by atoms with Crippen LogP contribution in [0.15, 0.2) is 47.2 Å². The summed E-state index contributed by atoms with van der Waals surface area (Å²) in [5.41, 5.74) is 0.714. The van der Waals surface area contributed by atoms with Gasteiger partial charge in [0, 0.05) is 25.2 Å². The molecule has 1 aromatic carbocycles. The average molecular weight is 491 g/mol. The Morgan fingerprint density at radius 2 is 1.80 bits per heavy atom. The van der Waals surface area contributed by atoms with E-state index in [0.29, 0.717) is 5.56 Å². The highest BCUT2D eigenvalue weighted by atomic mass is 19.3. The van der Waals surface area contributed by atoms with E-state index in [0.717, 1.165) is 0 Å². The van der Waals surface area contributed by atoms with Gasteiger partial charge in [-0.2, -0.15) is 0 Å². The van der Waals surface area contributed by atoms with E-state index in [1.54, 1.807) is 30.3 Å². The molecule has 3 rings (SSSR count). The van der Waals surface area contributed by atoms with Crippen molar-refractivity contribution in [1.82, 2.24) is 20.9 Å². The number of carbonyl (C=O) groups is 4. The summed E-state index contributed by atoms with van der Waals surface area (Å²) in [6.45, 7) is 1.33. The first-order valence-electron chi connectivity index (χ1n) is 11.4. The SMILES string of the molecule is C[C@@H](NC(=O)C1CCC(F)(F)CC1)C(=O)N[C@H](Cc1ccccc1)C(=O)C(=O)NCc1ncco1. The standard InChI is InChI=1S/C24H28F2N4O5/c1-15(29-22(33)17-7-9-24(25,26)10-8-17)21(32)30-18(13-16-5-3-2-4-6-16)20(31)23(34)28-14-19-27-11-12-35-19/h2-6,11-12,15,17-18H,7-10,13-14H2,1H3,(H,28,34)(H,29,33)(H,30,32)/t15-,18-/m1/s1. The fourth-order valence-electron chi connectivity index (χ4n) is 3.80. The Kier molecular flexibility index (Phi) is 8.67. The number of benzene rings is 1. The lowest BCUT2D eigenvalue weighted by Gasteiger charge is -2.28. The number of hydrogen-bond donors (Lipinski definition) is 3. The normalized spacial score (nSPS) is 17.1. The first kappa shape index (κ1) is 26.0. The number of rotatable bonds is 10. The number of amides is 3. The summed E-state index contributed by atoms with van der Waals surface area (Å²) in [4.78, 5) is 54.4. The van der Waals surface area contributed by atoms with Crippen LogP contribution < -0.4 is 16.0 Å². The largest absolute Gasteiger partial charge is 0.447 e. The number of alkyl halides is 2. The van der Waals surface area contributed by atoms with E-state index in [9.17, 15) is 28.0 Å². The molecule has 11 heteroatoms. The second-order valence-corrected chi connectivity index (χ2v) is 8.58. The minimum absolute atomic E-state index is 0.0347. The lowest BCUT2D eigenvalue weighted by Crippen LogP contribution is -2.54. The van der Waals surface area contributed by atoms with E-state index in [-0.39, 0.29) is 44.5 Å². The third-order valence-electron chi connectivity index (χ3n) is 5.86. The molecule has 188 valence electrons. The predicted molar refractivity (Wildman–Crippen MR) is 120 cm³/mol. The maximum absolute atomic E-state index is 13.4. The highest BCUT2D eigenvalue weighted by Gasteiger charge is 2.38. The third kappa shape index (κ3) is 7.69. The van der Waals surface area contributed by atoms with E-state index >= 15 is 0 Å². The zero-order valence-electron chi connectivity index (χ0n) is 19.3. The molecule has 0 bridgehead atoms. The van der Waals surface area contributed by atoms with Crippen molar-refractivity contribution in [2.24, 2.45) is 5.92 Å². The van der Waals surface area contributed by atoms with E-state index in [1.807, 2.05) is 0 Å². The molecule has 0 unspecified atom stereocenters. The van der Waals surface area contributed by atoms with Crippen LogP contribution in [0, 0.1) is 5.92 Å². The smallest absolute Gasteiger partial charge is 0.290 e. The number of hydrogen-bond acceptors (Lipinski definition) is 6. The highest BCUT2D eigenvalue weighted by Crippen LogP contribution is 2.36. The molecule has 9 nitrogen and oxygen atoms in total. The van der Waals surface area contributed by atoms with E-state index in [4.69, 9.17) is 4.42 Å². The molecule has 1 heterocycles. The van der Waals surface area contributed by atoms with Crippen molar-refractivity contribution in [3.05, 3.63) is 54.2 Å². The number of oxazole rings is 1. The Morgan fingerprint density at radius 1 is 1.11 bits per heavy atom. The zero-order valence-corrected chi connectivity index (χ0v) is 19.3. The molecule has 3 amide bonds. The topological polar surface area (TPSA) is 130 Å². The Labute approximate surface area is 201 Å². The third-order valence-corrected chi connectivity index (χ3v) is 5.86. The van der Waals surface area contributed by atoms with Crippen LogP contribution in [0.2, 0.25) is 0 Å². The molecular weight excluding hydrogens is 462 g/mol. The molecule has 1 aliphatic rings. The van der Waals surface area contributed by atoms with Crippen LogP contribution in [0.5, 0.6) is 0 Å². The van der Waals surface area contributed by atoms with Crippen LogP contribution in [0.3, 0.4) is 0 Å². The molecule has 2 atom stereocenters. The first-order valence-corrected chi connectivity index (χ1v) is 11.4. The minimum atomic E-state index is -2.77. The first-order chi connectivity index (χ1) is 16.6. The van der Waals surface area contributed by atoms with Crippen molar-refractivity contribution in [2.45, 2.75) is 63.6 Å². The number of nitrogens with one attached hydrogen (secondary N) is 3. The van der Waals surface area contributed by atoms with Gasteiger partial charge in [-0.25, -0.2) is 13.8 Å². The second-order valence-electron chi connectivity index (χ2n) is 8.58. The van der Waals surface area contributed by atoms with Crippen molar-refractivity contribution in [3.63, 3.8) is 0 Å². The van der Waals surface area contributed by atoms with Gasteiger partial charge < -0.3 is 20.4 Å². The van der Waals surface area contributed by atoms with Gasteiger partial charge in [0.2, 0.25) is 29.4 Å². The molecule has 1 aromatic heterocycles. The summed E-state index contributed by atoms with van der Waals surface area (Å²) < 4.78 is 31.7. The molecular formula is C24H28F2N4O5. The van der Waals surface area contributed by atoms with Gasteiger partial charge >= 0.3 is 0 Å². The van der Waals surface area contributed by atoms with Crippen LogP contribution >= 0.6 is 0 Å². The summed E-state index contributed by atoms with van der Waals surface area (Å²) in [6, 6.07) is 6.59. The maximum atomic E-state index is 13.4. The number of ketones is 1. The molecule has 1 fully saturated rings. The van der Waals surface area contributed by atoms with Crippen LogP contribution in [0.25, 0.3) is 0 Å². The van der Waals surface area contributed by atoms with E-state index in [1.165, 1.54) is 19.4 Å². The van der Waals surface area contributed by atoms with Gasteiger partial charge in [-0.1, -0.05) is 30.3 Å². The molecule has 3 N–H and O–H groups in total. The minimum Gasteiger partial charge on any atom is -0.447 e. The van der Waals surface area contributed by atoms with Crippen molar-refractivity contribution < 1.29 is 32.4 Å². The lowest BCUT2D eigenvalue weighted by atomic mass is 9.86. The molecule has 2 aromatic rings. The summed E-state index contributed by atoms with van der Waals surface area (Å²) in [6.07, 6.45) is 2.10. The van der Waals surface area contributed by atoms with Crippen molar-refractivity contribution in [1.29, 1.82) is 0 Å². The van der Waals surface area contributed by atoms with Crippen LogP contribution in [-0.2, 0) is 32.1 Å². The molecule has 0 saturated heterocycles.